The maximum atomic E-state index is 12.7. The zero-order valence-electron chi connectivity index (χ0n) is 15.8. The van der Waals surface area contributed by atoms with Crippen LogP contribution < -0.4 is 0 Å². The molecule has 6 nitrogen and oxygen atoms in total. The summed E-state index contributed by atoms with van der Waals surface area (Å²) in [7, 11) is -3.44. The molecule has 0 radical (unpaired) electrons. The van der Waals surface area contributed by atoms with Crippen molar-refractivity contribution >= 4 is 21.2 Å². The SMILES string of the molecule is CS(=O)(=O)c1ncc2c(n1)CCN(Cc1csc(-c3ccc(C(F)(F)F)cc3)n1)C2. The maximum Gasteiger partial charge on any atom is 0.416 e. The normalized spacial score (nSPS) is 15.2. The topological polar surface area (TPSA) is 76.1 Å². The van der Waals surface area contributed by atoms with E-state index in [1.54, 1.807) is 6.20 Å². The number of aromatic nitrogens is 3. The van der Waals surface area contributed by atoms with E-state index in [2.05, 4.69) is 19.9 Å². The highest BCUT2D eigenvalue weighted by molar-refractivity contribution is 7.90. The Morgan fingerprint density at radius 1 is 1.17 bits per heavy atom. The molecule has 0 amide bonds. The van der Waals surface area contributed by atoms with Crippen molar-refractivity contribution in [3.05, 3.63) is 58.4 Å². The molecule has 3 heterocycles. The summed E-state index contributed by atoms with van der Waals surface area (Å²) in [4.78, 5) is 14.8. The van der Waals surface area contributed by atoms with E-state index in [0.29, 0.717) is 36.6 Å². The maximum absolute atomic E-state index is 12.7. The number of rotatable bonds is 4. The van der Waals surface area contributed by atoms with Gasteiger partial charge in [-0.3, -0.25) is 4.90 Å². The molecule has 0 unspecified atom stereocenters. The van der Waals surface area contributed by atoms with E-state index >= 15 is 0 Å². The van der Waals surface area contributed by atoms with Gasteiger partial charge in [-0.15, -0.1) is 11.3 Å². The predicted molar refractivity (Wildman–Crippen MR) is 106 cm³/mol. The van der Waals surface area contributed by atoms with Gasteiger partial charge >= 0.3 is 6.18 Å². The van der Waals surface area contributed by atoms with Crippen LogP contribution in [0.5, 0.6) is 0 Å². The van der Waals surface area contributed by atoms with Gasteiger partial charge in [0.15, 0.2) is 0 Å². The van der Waals surface area contributed by atoms with Gasteiger partial charge in [-0.05, 0) is 12.1 Å². The molecule has 0 fully saturated rings. The van der Waals surface area contributed by atoms with Crippen LogP contribution in [0.2, 0.25) is 0 Å². The van der Waals surface area contributed by atoms with Gasteiger partial charge in [0.1, 0.15) is 5.01 Å². The smallest absolute Gasteiger partial charge is 0.293 e. The Morgan fingerprint density at radius 2 is 1.90 bits per heavy atom. The summed E-state index contributed by atoms with van der Waals surface area (Å²) >= 11 is 1.38. The molecular formula is C19H17F3N4O2S2. The van der Waals surface area contributed by atoms with E-state index in [-0.39, 0.29) is 5.16 Å². The first-order valence-corrected chi connectivity index (χ1v) is 11.8. The highest BCUT2D eigenvalue weighted by atomic mass is 32.2. The fourth-order valence-electron chi connectivity index (χ4n) is 3.21. The standard InChI is InChI=1S/C19H17F3N4O2S2/c1-30(27,28)18-23-8-13-9-26(7-6-16(13)25-18)10-15-11-29-17(24-15)12-2-4-14(5-3-12)19(20,21)22/h2-5,8,11H,6-7,9-10H2,1H3. The van der Waals surface area contributed by atoms with Gasteiger partial charge < -0.3 is 0 Å². The molecule has 2 aromatic heterocycles. The average Bonchev–Trinajstić information content (AvgIpc) is 3.15. The van der Waals surface area contributed by atoms with Crippen LogP contribution in [0.1, 0.15) is 22.5 Å². The number of halogens is 3. The molecule has 158 valence electrons. The summed E-state index contributed by atoms with van der Waals surface area (Å²) < 4.78 is 61.4. The van der Waals surface area contributed by atoms with Crippen LogP contribution in [0.4, 0.5) is 13.2 Å². The van der Waals surface area contributed by atoms with Crippen molar-refractivity contribution in [3.63, 3.8) is 0 Å². The van der Waals surface area contributed by atoms with Crippen LogP contribution in [-0.4, -0.2) is 41.1 Å². The molecule has 0 bridgehead atoms. The van der Waals surface area contributed by atoms with Crippen LogP contribution >= 0.6 is 11.3 Å². The molecule has 1 aromatic carbocycles. The highest BCUT2D eigenvalue weighted by Crippen LogP contribution is 2.32. The largest absolute Gasteiger partial charge is 0.416 e. The van der Waals surface area contributed by atoms with Crippen molar-refractivity contribution < 1.29 is 21.6 Å². The lowest BCUT2D eigenvalue weighted by molar-refractivity contribution is -0.137. The fraction of sp³-hybridized carbons (Fsp3) is 0.316. The lowest BCUT2D eigenvalue weighted by Gasteiger charge is -2.27. The number of sulfone groups is 1. The Kier molecular flexibility index (Phi) is 5.37. The number of thiazole rings is 1. The molecule has 11 heteroatoms. The quantitative estimate of drug-likeness (QED) is 0.561. The first-order valence-electron chi connectivity index (χ1n) is 8.99. The summed E-state index contributed by atoms with van der Waals surface area (Å²) in [5.74, 6) is 0. The number of alkyl halides is 3. The van der Waals surface area contributed by atoms with Crippen molar-refractivity contribution in [1.82, 2.24) is 19.9 Å². The van der Waals surface area contributed by atoms with E-state index in [4.69, 9.17) is 0 Å². The second-order valence-electron chi connectivity index (χ2n) is 7.08. The third-order valence-corrected chi connectivity index (χ3v) is 6.52. The molecule has 4 rings (SSSR count). The number of nitrogens with zero attached hydrogens (tertiary/aromatic N) is 4. The monoisotopic (exact) mass is 454 g/mol. The predicted octanol–water partition coefficient (Wildman–Crippen LogP) is 3.58. The van der Waals surface area contributed by atoms with Crippen molar-refractivity contribution in [2.75, 3.05) is 12.8 Å². The summed E-state index contributed by atoms with van der Waals surface area (Å²) in [6, 6.07) is 4.98. The second kappa shape index (κ2) is 7.71. The van der Waals surface area contributed by atoms with Crippen LogP contribution in [0, 0.1) is 0 Å². The van der Waals surface area contributed by atoms with Gasteiger partial charge in [0, 0.05) is 55.0 Å². The number of fused-ring (bicyclic) bond motifs is 1. The minimum atomic E-state index is -4.36. The van der Waals surface area contributed by atoms with Crippen LogP contribution in [0.15, 0.2) is 41.0 Å². The Bertz CT molecular complexity index is 1180. The van der Waals surface area contributed by atoms with Gasteiger partial charge in [0.25, 0.3) is 0 Å². The molecule has 0 spiro atoms. The zero-order valence-corrected chi connectivity index (χ0v) is 17.5. The van der Waals surface area contributed by atoms with Gasteiger partial charge in [-0.25, -0.2) is 23.4 Å². The van der Waals surface area contributed by atoms with Crippen molar-refractivity contribution in [3.8, 4) is 10.6 Å². The van der Waals surface area contributed by atoms with E-state index < -0.39 is 21.6 Å². The van der Waals surface area contributed by atoms with E-state index in [0.717, 1.165) is 35.3 Å². The highest BCUT2D eigenvalue weighted by Gasteiger charge is 2.30. The summed E-state index contributed by atoms with van der Waals surface area (Å²) in [5, 5.41) is 2.40. The molecule has 0 saturated heterocycles. The molecule has 1 aliphatic rings. The summed E-state index contributed by atoms with van der Waals surface area (Å²) in [6.07, 6.45) is -1.11. The van der Waals surface area contributed by atoms with Gasteiger partial charge in [0.2, 0.25) is 15.0 Å². The minimum Gasteiger partial charge on any atom is -0.293 e. The average molecular weight is 454 g/mol. The molecule has 3 aromatic rings. The molecule has 0 saturated carbocycles. The molecular weight excluding hydrogens is 437 g/mol. The first-order chi connectivity index (χ1) is 14.1. The van der Waals surface area contributed by atoms with Crippen molar-refractivity contribution in [2.45, 2.75) is 30.8 Å². The molecule has 30 heavy (non-hydrogen) atoms. The Hall–Kier alpha value is -2.37. The number of hydrogen-bond donors (Lipinski definition) is 0. The third-order valence-electron chi connectivity index (χ3n) is 4.72. The van der Waals surface area contributed by atoms with E-state index in [9.17, 15) is 21.6 Å². The number of hydrogen-bond acceptors (Lipinski definition) is 7. The Morgan fingerprint density at radius 3 is 2.57 bits per heavy atom. The third kappa shape index (κ3) is 4.52. The van der Waals surface area contributed by atoms with Gasteiger partial charge in [-0.1, -0.05) is 12.1 Å². The Balaban J connectivity index is 1.45. The molecule has 0 N–H and O–H groups in total. The van der Waals surface area contributed by atoms with Gasteiger partial charge in [-0.2, -0.15) is 13.2 Å². The first kappa shape index (κ1) is 20.9. The summed E-state index contributed by atoms with van der Waals surface area (Å²) in [5.41, 5.74) is 2.41. The fourth-order valence-corrected chi connectivity index (χ4v) is 4.55. The zero-order chi connectivity index (χ0) is 21.5. The van der Waals surface area contributed by atoms with E-state index in [1.165, 1.54) is 23.5 Å². The number of benzene rings is 1. The van der Waals surface area contributed by atoms with Crippen LogP contribution in [0.25, 0.3) is 10.6 Å². The van der Waals surface area contributed by atoms with Gasteiger partial charge in [0.05, 0.1) is 17.0 Å². The van der Waals surface area contributed by atoms with E-state index in [1.807, 2.05) is 5.38 Å². The lowest BCUT2D eigenvalue weighted by Crippen LogP contribution is -2.31. The second-order valence-corrected chi connectivity index (χ2v) is 9.84. The molecule has 1 aliphatic heterocycles. The van der Waals surface area contributed by atoms with Crippen LogP contribution in [-0.2, 0) is 35.5 Å². The molecule has 0 atom stereocenters. The minimum absolute atomic E-state index is 0.157. The lowest BCUT2D eigenvalue weighted by atomic mass is 10.1. The molecule has 0 aliphatic carbocycles. The van der Waals surface area contributed by atoms with Crippen molar-refractivity contribution in [2.24, 2.45) is 0 Å². The summed E-state index contributed by atoms with van der Waals surface area (Å²) in [6.45, 7) is 1.84. The Labute approximate surface area is 175 Å². The van der Waals surface area contributed by atoms with Crippen molar-refractivity contribution in [1.29, 1.82) is 0 Å². The van der Waals surface area contributed by atoms with Crippen LogP contribution in [0.3, 0.4) is 0 Å².